The van der Waals surface area contributed by atoms with Crippen molar-refractivity contribution in [1.82, 2.24) is 10.3 Å². The number of hydrogen-bond donors (Lipinski definition) is 2. The van der Waals surface area contributed by atoms with Crippen LogP contribution in [0.25, 0.3) is 0 Å². The largest absolute Gasteiger partial charge is 0.478 e. The SMILES string of the molecule is Cc1nc(C(=O)NC2CC3CCC2O3)ccc1C(=O)O. The normalized spacial score (nSPS) is 27.6. The van der Waals surface area contributed by atoms with E-state index in [2.05, 4.69) is 10.3 Å². The molecule has 0 aliphatic carbocycles. The van der Waals surface area contributed by atoms with Crippen molar-refractivity contribution >= 4 is 11.9 Å². The number of nitrogens with one attached hydrogen (secondary N) is 1. The summed E-state index contributed by atoms with van der Waals surface area (Å²) in [5.74, 6) is -1.31. The molecule has 2 saturated heterocycles. The van der Waals surface area contributed by atoms with E-state index in [0.717, 1.165) is 19.3 Å². The lowest BCUT2D eigenvalue weighted by atomic mass is 9.95. The van der Waals surface area contributed by atoms with Gasteiger partial charge in [-0.05, 0) is 38.3 Å². The summed E-state index contributed by atoms with van der Waals surface area (Å²) in [5.41, 5.74) is 0.703. The van der Waals surface area contributed by atoms with Crippen molar-refractivity contribution in [3.05, 3.63) is 29.1 Å². The molecule has 1 aromatic heterocycles. The van der Waals surface area contributed by atoms with Gasteiger partial charge in [0.25, 0.3) is 5.91 Å². The Labute approximate surface area is 116 Å². The van der Waals surface area contributed by atoms with Crippen LogP contribution in [0.2, 0.25) is 0 Å². The monoisotopic (exact) mass is 276 g/mol. The van der Waals surface area contributed by atoms with E-state index in [1.54, 1.807) is 6.92 Å². The lowest BCUT2D eigenvalue weighted by Crippen LogP contribution is -2.41. The molecule has 2 aliphatic heterocycles. The van der Waals surface area contributed by atoms with Gasteiger partial charge < -0.3 is 15.2 Å². The molecule has 0 spiro atoms. The molecule has 0 radical (unpaired) electrons. The minimum Gasteiger partial charge on any atom is -0.478 e. The van der Waals surface area contributed by atoms with E-state index in [9.17, 15) is 9.59 Å². The van der Waals surface area contributed by atoms with Gasteiger partial charge in [-0.15, -0.1) is 0 Å². The molecule has 0 aromatic carbocycles. The maximum absolute atomic E-state index is 12.1. The van der Waals surface area contributed by atoms with E-state index >= 15 is 0 Å². The predicted molar refractivity (Wildman–Crippen MR) is 69.7 cm³/mol. The molecule has 1 aromatic rings. The molecular formula is C14H16N2O4. The summed E-state index contributed by atoms with van der Waals surface area (Å²) in [6.45, 7) is 1.58. The number of nitrogens with zero attached hydrogens (tertiary/aromatic N) is 1. The molecule has 106 valence electrons. The Morgan fingerprint density at radius 1 is 1.40 bits per heavy atom. The average Bonchev–Trinajstić information content (AvgIpc) is 3.00. The highest BCUT2D eigenvalue weighted by molar-refractivity contribution is 5.94. The number of aryl methyl sites for hydroxylation is 1. The van der Waals surface area contributed by atoms with Crippen molar-refractivity contribution in [3.63, 3.8) is 0 Å². The predicted octanol–water partition coefficient (Wildman–Crippen LogP) is 1.14. The molecule has 3 heterocycles. The van der Waals surface area contributed by atoms with Gasteiger partial charge in [0.1, 0.15) is 5.69 Å². The second-order valence-electron chi connectivity index (χ2n) is 5.32. The Balaban J connectivity index is 1.71. The molecule has 2 N–H and O–H groups in total. The van der Waals surface area contributed by atoms with Gasteiger partial charge in [0.15, 0.2) is 0 Å². The van der Waals surface area contributed by atoms with Crippen LogP contribution in [0.1, 0.15) is 45.8 Å². The van der Waals surface area contributed by atoms with Crippen molar-refractivity contribution in [2.24, 2.45) is 0 Å². The zero-order valence-electron chi connectivity index (χ0n) is 11.1. The summed E-state index contributed by atoms with van der Waals surface area (Å²) in [6.07, 6.45) is 3.29. The van der Waals surface area contributed by atoms with Crippen LogP contribution in [0.5, 0.6) is 0 Å². The average molecular weight is 276 g/mol. The molecule has 2 bridgehead atoms. The van der Waals surface area contributed by atoms with Gasteiger partial charge in [-0.1, -0.05) is 0 Å². The van der Waals surface area contributed by atoms with E-state index in [0.29, 0.717) is 5.69 Å². The van der Waals surface area contributed by atoms with Gasteiger partial charge in [-0.3, -0.25) is 4.79 Å². The maximum atomic E-state index is 12.1. The Morgan fingerprint density at radius 2 is 2.20 bits per heavy atom. The van der Waals surface area contributed by atoms with Gasteiger partial charge in [-0.25, -0.2) is 9.78 Å². The fourth-order valence-electron chi connectivity index (χ4n) is 2.95. The Bertz CT molecular complexity index is 572. The first kappa shape index (κ1) is 13.1. The van der Waals surface area contributed by atoms with Crippen LogP contribution in [0.15, 0.2) is 12.1 Å². The van der Waals surface area contributed by atoms with E-state index < -0.39 is 5.97 Å². The highest BCUT2D eigenvalue weighted by Crippen LogP contribution is 2.34. The fraction of sp³-hybridized carbons (Fsp3) is 0.500. The first-order valence-electron chi connectivity index (χ1n) is 6.72. The zero-order valence-corrected chi connectivity index (χ0v) is 11.1. The highest BCUT2D eigenvalue weighted by Gasteiger charge is 2.41. The Kier molecular flexibility index (Phi) is 3.17. The number of carbonyl (C=O) groups is 2. The third-order valence-electron chi connectivity index (χ3n) is 3.97. The minimum atomic E-state index is -1.04. The van der Waals surface area contributed by atoms with Crippen LogP contribution in [0.3, 0.4) is 0 Å². The van der Waals surface area contributed by atoms with Gasteiger partial charge in [0, 0.05) is 0 Å². The van der Waals surface area contributed by atoms with Crippen molar-refractivity contribution in [3.8, 4) is 0 Å². The third kappa shape index (κ3) is 2.27. The Morgan fingerprint density at radius 3 is 2.75 bits per heavy atom. The number of hydrogen-bond acceptors (Lipinski definition) is 4. The zero-order chi connectivity index (χ0) is 14.3. The number of carboxylic acid groups (broad SMARTS) is 1. The van der Waals surface area contributed by atoms with Crippen LogP contribution in [0.4, 0.5) is 0 Å². The molecule has 6 heteroatoms. The standard InChI is InChI=1S/C14H16N2O4/c1-7-9(14(18)19)3-4-10(15-7)13(17)16-11-6-8-2-5-12(11)20-8/h3-4,8,11-12H,2,5-6H2,1H3,(H,16,17)(H,18,19). The molecule has 3 unspecified atom stereocenters. The molecule has 3 rings (SSSR count). The summed E-state index contributed by atoms with van der Waals surface area (Å²) < 4.78 is 5.68. The summed E-state index contributed by atoms with van der Waals surface area (Å²) in [4.78, 5) is 27.1. The quantitative estimate of drug-likeness (QED) is 0.864. The molecule has 1 amide bonds. The number of amides is 1. The number of carboxylic acids is 1. The lowest BCUT2D eigenvalue weighted by molar-refractivity contribution is 0.0694. The molecular weight excluding hydrogens is 260 g/mol. The smallest absolute Gasteiger partial charge is 0.337 e. The molecule has 2 aliphatic rings. The van der Waals surface area contributed by atoms with Gasteiger partial charge in [0.05, 0.1) is 29.5 Å². The fourth-order valence-corrected chi connectivity index (χ4v) is 2.95. The number of fused-ring (bicyclic) bond motifs is 2. The molecule has 0 saturated carbocycles. The lowest BCUT2D eigenvalue weighted by Gasteiger charge is -2.19. The first-order valence-corrected chi connectivity index (χ1v) is 6.72. The molecule has 20 heavy (non-hydrogen) atoms. The highest BCUT2D eigenvalue weighted by atomic mass is 16.5. The summed E-state index contributed by atoms with van der Waals surface area (Å²) in [6, 6.07) is 2.90. The van der Waals surface area contributed by atoms with E-state index in [-0.39, 0.29) is 35.4 Å². The van der Waals surface area contributed by atoms with E-state index in [4.69, 9.17) is 9.84 Å². The van der Waals surface area contributed by atoms with Crippen molar-refractivity contribution < 1.29 is 19.4 Å². The number of aromatic nitrogens is 1. The number of carbonyl (C=O) groups excluding carboxylic acids is 1. The van der Waals surface area contributed by atoms with Crippen LogP contribution in [0, 0.1) is 6.92 Å². The summed E-state index contributed by atoms with van der Waals surface area (Å²) >= 11 is 0. The maximum Gasteiger partial charge on any atom is 0.337 e. The van der Waals surface area contributed by atoms with Gasteiger partial charge in [-0.2, -0.15) is 0 Å². The van der Waals surface area contributed by atoms with Crippen molar-refractivity contribution in [2.75, 3.05) is 0 Å². The van der Waals surface area contributed by atoms with E-state index in [1.807, 2.05) is 0 Å². The second kappa shape index (κ2) is 4.86. The minimum absolute atomic E-state index is 0.0440. The van der Waals surface area contributed by atoms with E-state index in [1.165, 1.54) is 12.1 Å². The second-order valence-corrected chi connectivity index (χ2v) is 5.32. The van der Waals surface area contributed by atoms with Crippen LogP contribution < -0.4 is 5.32 Å². The molecule has 6 nitrogen and oxygen atoms in total. The van der Waals surface area contributed by atoms with Crippen LogP contribution in [-0.2, 0) is 4.74 Å². The molecule has 3 atom stereocenters. The van der Waals surface area contributed by atoms with Crippen molar-refractivity contribution in [2.45, 2.75) is 44.4 Å². The molecule has 2 fully saturated rings. The first-order chi connectivity index (χ1) is 9.54. The van der Waals surface area contributed by atoms with Crippen molar-refractivity contribution in [1.29, 1.82) is 0 Å². The van der Waals surface area contributed by atoms with Gasteiger partial charge >= 0.3 is 5.97 Å². The number of pyridine rings is 1. The van der Waals surface area contributed by atoms with Gasteiger partial charge in [0.2, 0.25) is 0 Å². The number of rotatable bonds is 3. The third-order valence-corrected chi connectivity index (χ3v) is 3.97. The van der Waals surface area contributed by atoms with Crippen LogP contribution in [-0.4, -0.2) is 40.2 Å². The van der Waals surface area contributed by atoms with Crippen LogP contribution >= 0.6 is 0 Å². The summed E-state index contributed by atoms with van der Waals surface area (Å²) in [7, 11) is 0. The Hall–Kier alpha value is -1.95. The summed E-state index contributed by atoms with van der Waals surface area (Å²) in [5, 5.41) is 11.9. The topological polar surface area (TPSA) is 88.5 Å². The number of ether oxygens (including phenoxy) is 1. The number of aromatic carboxylic acids is 1.